The van der Waals surface area contributed by atoms with E-state index in [1.807, 2.05) is 24.3 Å². The van der Waals surface area contributed by atoms with E-state index in [0.29, 0.717) is 11.5 Å². The number of aromatic nitrogens is 2. The fourth-order valence-electron chi connectivity index (χ4n) is 1.45. The molecule has 1 amide bonds. The Morgan fingerprint density at radius 1 is 1.29 bits per heavy atom. The second kappa shape index (κ2) is 4.61. The third-order valence-corrected chi connectivity index (χ3v) is 2.15. The van der Waals surface area contributed by atoms with Crippen molar-refractivity contribution in [2.24, 2.45) is 0 Å². The van der Waals surface area contributed by atoms with E-state index >= 15 is 0 Å². The largest absolute Gasteiger partial charge is 0.382 e. The van der Waals surface area contributed by atoms with Gasteiger partial charge in [-0.1, -0.05) is 12.1 Å². The number of nitrogens with zero attached hydrogens (tertiary/aromatic N) is 2. The summed E-state index contributed by atoms with van der Waals surface area (Å²) in [7, 11) is 0. The zero-order valence-corrected chi connectivity index (χ0v) is 9.34. The van der Waals surface area contributed by atoms with Crippen LogP contribution in [0.25, 0.3) is 11.3 Å². The van der Waals surface area contributed by atoms with Gasteiger partial charge in [-0.25, -0.2) is 4.98 Å². The van der Waals surface area contributed by atoms with Crippen LogP contribution in [0.15, 0.2) is 36.7 Å². The molecule has 0 fully saturated rings. The number of nitrogens with one attached hydrogen (secondary N) is 1. The van der Waals surface area contributed by atoms with Crippen molar-refractivity contribution in [3.8, 4) is 11.3 Å². The van der Waals surface area contributed by atoms with Gasteiger partial charge in [0.2, 0.25) is 5.91 Å². The molecule has 0 saturated carbocycles. The fourth-order valence-corrected chi connectivity index (χ4v) is 1.45. The highest BCUT2D eigenvalue weighted by molar-refractivity contribution is 5.89. The first-order valence-electron chi connectivity index (χ1n) is 5.11. The predicted octanol–water partition coefficient (Wildman–Crippen LogP) is 1.68. The fraction of sp³-hybridized carbons (Fsp3) is 0.0833. The van der Waals surface area contributed by atoms with E-state index < -0.39 is 0 Å². The molecule has 3 N–H and O–H groups in total. The predicted molar refractivity (Wildman–Crippen MR) is 66.2 cm³/mol. The van der Waals surface area contributed by atoms with Crippen molar-refractivity contribution in [1.82, 2.24) is 9.97 Å². The molecule has 17 heavy (non-hydrogen) atoms. The second-order valence-electron chi connectivity index (χ2n) is 3.59. The van der Waals surface area contributed by atoms with Crippen molar-refractivity contribution in [3.05, 3.63) is 36.7 Å². The van der Waals surface area contributed by atoms with Crippen LogP contribution >= 0.6 is 0 Å². The number of rotatable bonds is 2. The summed E-state index contributed by atoms with van der Waals surface area (Å²) in [5.41, 5.74) is 7.79. The van der Waals surface area contributed by atoms with E-state index in [2.05, 4.69) is 15.3 Å². The van der Waals surface area contributed by atoms with Gasteiger partial charge in [0.15, 0.2) is 0 Å². The molecule has 0 radical (unpaired) electrons. The van der Waals surface area contributed by atoms with Gasteiger partial charge >= 0.3 is 0 Å². The molecule has 0 unspecified atom stereocenters. The van der Waals surface area contributed by atoms with Gasteiger partial charge in [0, 0.05) is 18.2 Å². The molecular formula is C12H12N4O. The number of carbonyl (C=O) groups excluding carboxylic acids is 1. The van der Waals surface area contributed by atoms with Crippen LogP contribution < -0.4 is 11.1 Å². The molecule has 0 aliphatic rings. The van der Waals surface area contributed by atoms with E-state index in [0.717, 1.165) is 11.3 Å². The molecule has 0 aliphatic heterocycles. The average Bonchev–Trinajstić information content (AvgIpc) is 2.29. The molecule has 5 nitrogen and oxygen atoms in total. The first kappa shape index (κ1) is 11.1. The number of benzene rings is 1. The molecule has 86 valence electrons. The number of nitrogens with two attached hydrogens (primary N) is 1. The minimum atomic E-state index is -0.106. The Balaban J connectivity index is 2.32. The number of nitrogen functional groups attached to an aromatic ring is 1. The zero-order chi connectivity index (χ0) is 12.3. The van der Waals surface area contributed by atoms with Gasteiger partial charge in [0.1, 0.15) is 5.82 Å². The first-order valence-corrected chi connectivity index (χ1v) is 5.11. The molecule has 0 aliphatic carbocycles. The summed E-state index contributed by atoms with van der Waals surface area (Å²) in [6.45, 7) is 1.47. The average molecular weight is 228 g/mol. The summed E-state index contributed by atoms with van der Waals surface area (Å²) in [5, 5.41) is 2.71. The molecule has 0 bridgehead atoms. The number of anilines is 2. The normalized spacial score (nSPS) is 9.94. The lowest BCUT2D eigenvalue weighted by Crippen LogP contribution is -2.05. The number of hydrogen-bond acceptors (Lipinski definition) is 4. The maximum absolute atomic E-state index is 11.0. The van der Waals surface area contributed by atoms with E-state index in [4.69, 9.17) is 5.73 Å². The lowest BCUT2D eigenvalue weighted by Gasteiger charge is -2.05. The Hall–Kier alpha value is -2.43. The Bertz CT molecular complexity index is 536. The van der Waals surface area contributed by atoms with E-state index in [1.54, 1.807) is 6.20 Å². The van der Waals surface area contributed by atoms with Crippen LogP contribution in [-0.2, 0) is 4.79 Å². The molecule has 0 spiro atoms. The summed E-state index contributed by atoms with van der Waals surface area (Å²) in [5.74, 6) is 0.275. The smallest absolute Gasteiger partial charge is 0.221 e. The van der Waals surface area contributed by atoms with Crippen LogP contribution in [-0.4, -0.2) is 15.9 Å². The number of carbonyl (C=O) groups is 1. The molecule has 0 atom stereocenters. The van der Waals surface area contributed by atoms with E-state index in [1.165, 1.54) is 13.1 Å². The van der Waals surface area contributed by atoms with Crippen molar-refractivity contribution >= 4 is 17.4 Å². The maximum Gasteiger partial charge on any atom is 0.221 e. The molecule has 1 heterocycles. The quantitative estimate of drug-likeness (QED) is 0.819. The van der Waals surface area contributed by atoms with Crippen LogP contribution in [0.3, 0.4) is 0 Å². The molecule has 2 aromatic rings. The summed E-state index contributed by atoms with van der Waals surface area (Å²) in [6, 6.07) is 7.39. The molecular weight excluding hydrogens is 216 g/mol. The standard InChI is InChI=1S/C12H12N4O/c1-8(17)16-10-4-2-3-9(5-10)11-6-15-12(13)7-14-11/h2-7H,1H3,(H2,13,15)(H,16,17). The van der Waals surface area contributed by atoms with Gasteiger partial charge in [-0.3, -0.25) is 9.78 Å². The van der Waals surface area contributed by atoms with E-state index in [9.17, 15) is 4.79 Å². The van der Waals surface area contributed by atoms with Gasteiger partial charge in [0.05, 0.1) is 18.1 Å². The maximum atomic E-state index is 11.0. The molecule has 5 heteroatoms. The van der Waals surface area contributed by atoms with Crippen molar-refractivity contribution in [2.45, 2.75) is 6.92 Å². The third kappa shape index (κ3) is 2.78. The highest BCUT2D eigenvalue weighted by Gasteiger charge is 2.02. The van der Waals surface area contributed by atoms with Crippen LogP contribution in [0, 0.1) is 0 Å². The van der Waals surface area contributed by atoms with Crippen LogP contribution in [0.1, 0.15) is 6.92 Å². The van der Waals surface area contributed by atoms with Crippen LogP contribution in [0.5, 0.6) is 0 Å². The summed E-state index contributed by atoms with van der Waals surface area (Å²) < 4.78 is 0. The van der Waals surface area contributed by atoms with Crippen molar-refractivity contribution < 1.29 is 4.79 Å². The van der Waals surface area contributed by atoms with Gasteiger partial charge in [-0.2, -0.15) is 0 Å². The topological polar surface area (TPSA) is 80.9 Å². The van der Waals surface area contributed by atoms with Gasteiger partial charge in [-0.15, -0.1) is 0 Å². The lowest BCUT2D eigenvalue weighted by atomic mass is 10.1. The van der Waals surface area contributed by atoms with Gasteiger partial charge < -0.3 is 11.1 Å². The molecule has 0 saturated heterocycles. The highest BCUT2D eigenvalue weighted by atomic mass is 16.1. The number of amides is 1. The third-order valence-electron chi connectivity index (χ3n) is 2.15. The summed E-state index contributed by atoms with van der Waals surface area (Å²) >= 11 is 0. The van der Waals surface area contributed by atoms with Crippen molar-refractivity contribution in [2.75, 3.05) is 11.1 Å². The van der Waals surface area contributed by atoms with Crippen LogP contribution in [0.2, 0.25) is 0 Å². The Morgan fingerprint density at radius 2 is 2.12 bits per heavy atom. The number of hydrogen-bond donors (Lipinski definition) is 2. The Morgan fingerprint density at radius 3 is 2.76 bits per heavy atom. The lowest BCUT2D eigenvalue weighted by molar-refractivity contribution is -0.114. The minimum Gasteiger partial charge on any atom is -0.382 e. The summed E-state index contributed by atoms with van der Waals surface area (Å²) in [4.78, 5) is 19.1. The van der Waals surface area contributed by atoms with Crippen LogP contribution in [0.4, 0.5) is 11.5 Å². The molecule has 1 aromatic heterocycles. The second-order valence-corrected chi connectivity index (χ2v) is 3.59. The molecule has 1 aromatic carbocycles. The Kier molecular flexibility index (Phi) is 3.00. The Labute approximate surface area is 98.7 Å². The molecule has 2 rings (SSSR count). The zero-order valence-electron chi connectivity index (χ0n) is 9.34. The van der Waals surface area contributed by atoms with E-state index in [-0.39, 0.29) is 5.91 Å². The first-order chi connectivity index (χ1) is 8.15. The monoisotopic (exact) mass is 228 g/mol. The van der Waals surface area contributed by atoms with Gasteiger partial charge in [-0.05, 0) is 12.1 Å². The summed E-state index contributed by atoms with van der Waals surface area (Å²) in [6.07, 6.45) is 3.10. The van der Waals surface area contributed by atoms with Crippen molar-refractivity contribution in [3.63, 3.8) is 0 Å². The SMILES string of the molecule is CC(=O)Nc1cccc(-c2cnc(N)cn2)c1. The van der Waals surface area contributed by atoms with Crippen molar-refractivity contribution in [1.29, 1.82) is 0 Å². The van der Waals surface area contributed by atoms with Gasteiger partial charge in [0.25, 0.3) is 0 Å². The minimum absolute atomic E-state index is 0.106. The highest BCUT2D eigenvalue weighted by Crippen LogP contribution is 2.20.